The van der Waals surface area contributed by atoms with Crippen LogP contribution < -0.4 is 5.06 Å². The van der Waals surface area contributed by atoms with Gasteiger partial charge in [0.15, 0.2) is 0 Å². The summed E-state index contributed by atoms with van der Waals surface area (Å²) < 4.78 is 0. The molecule has 0 aromatic heterocycles. The minimum atomic E-state index is -1.49. The lowest BCUT2D eigenvalue weighted by Crippen LogP contribution is -2.33. The topological polar surface area (TPSA) is 128 Å². The van der Waals surface area contributed by atoms with Crippen LogP contribution in [0.3, 0.4) is 0 Å². The molecule has 8 heteroatoms. The number of aromatic hydroxyl groups is 1. The maximum atomic E-state index is 11.5. The number of para-hydroxylation sites is 2. The van der Waals surface area contributed by atoms with Gasteiger partial charge in [0.05, 0.1) is 0 Å². The highest BCUT2D eigenvalue weighted by atomic mass is 16.7. The Morgan fingerprint density at radius 2 is 1.83 bits per heavy atom. The number of hydroxylamine groups is 1. The van der Waals surface area contributed by atoms with E-state index < -0.39 is 23.7 Å². The van der Waals surface area contributed by atoms with Gasteiger partial charge in [-0.3, -0.25) is 0 Å². The highest BCUT2D eigenvalue weighted by Gasteiger charge is 2.42. The zero-order valence-corrected chi connectivity index (χ0v) is 12.2. The second-order valence-corrected chi connectivity index (χ2v) is 4.99. The number of aliphatic carboxylic acids is 2. The monoisotopic (exact) mass is 323 g/mol. The van der Waals surface area contributed by atoms with Gasteiger partial charge in [-0.15, -0.1) is 0 Å². The minimum Gasteiger partial charge on any atom is -0.506 e. The van der Waals surface area contributed by atoms with Crippen molar-refractivity contribution in [2.45, 2.75) is 25.3 Å². The van der Waals surface area contributed by atoms with Gasteiger partial charge in [-0.1, -0.05) is 12.1 Å². The van der Waals surface area contributed by atoms with E-state index in [4.69, 9.17) is 9.94 Å². The second kappa shape index (κ2) is 7.01. The number of benzene rings is 1. The first-order chi connectivity index (χ1) is 11.0. The Kier molecular flexibility index (Phi) is 5.07. The molecule has 4 N–H and O–H groups in total. The number of hydrogen-bond donors (Lipinski definition) is 4. The van der Waals surface area contributed by atoms with E-state index in [1.165, 1.54) is 12.1 Å². The lowest BCUT2D eigenvalue weighted by molar-refractivity contribution is -0.138. The molecule has 0 bridgehead atoms. The molecule has 1 aromatic carbocycles. The number of phenolic OH excluding ortho intramolecular Hbond substituents is 1. The first kappa shape index (κ1) is 16.6. The third kappa shape index (κ3) is 3.37. The Morgan fingerprint density at radius 3 is 2.39 bits per heavy atom. The molecule has 1 aliphatic heterocycles. The standard InChI is InChI=1S/C15H17NO7/c17-8-4-3-6-10-12(14(19)20)13(15(21)22)23-16(10)9-5-1-2-7-11(9)18/h1-2,5,7,10,17-18H,3-4,6,8H2,(H,19,20)(H,21,22)/t10-/m1/s1. The van der Waals surface area contributed by atoms with Gasteiger partial charge in [0.1, 0.15) is 23.1 Å². The SMILES string of the molecule is O=C(O)C1=C(C(=O)O)[C@@H](CCCCO)N(c2ccccc2O)O1. The van der Waals surface area contributed by atoms with E-state index in [0.717, 1.165) is 5.06 Å². The number of carboxylic acids is 2. The average Bonchev–Trinajstić information content (AvgIpc) is 2.88. The fourth-order valence-corrected chi connectivity index (χ4v) is 2.45. The molecule has 124 valence electrons. The Labute approximate surface area is 131 Å². The number of phenols is 1. The van der Waals surface area contributed by atoms with Crippen molar-refractivity contribution in [2.24, 2.45) is 0 Å². The number of anilines is 1. The molecule has 0 radical (unpaired) electrons. The van der Waals surface area contributed by atoms with Crippen molar-refractivity contribution in [3.05, 3.63) is 35.6 Å². The Balaban J connectivity index is 2.41. The van der Waals surface area contributed by atoms with Gasteiger partial charge < -0.3 is 25.3 Å². The molecule has 0 saturated heterocycles. The van der Waals surface area contributed by atoms with Crippen LogP contribution >= 0.6 is 0 Å². The van der Waals surface area contributed by atoms with Crippen LogP contribution in [-0.4, -0.2) is 45.0 Å². The molecule has 0 unspecified atom stereocenters. The zero-order chi connectivity index (χ0) is 17.0. The summed E-state index contributed by atoms with van der Waals surface area (Å²) in [5, 5.41) is 38.4. The van der Waals surface area contributed by atoms with Gasteiger partial charge in [-0.25, -0.2) is 9.59 Å². The normalized spacial score (nSPS) is 17.3. The number of aliphatic hydroxyl groups excluding tert-OH is 1. The quantitative estimate of drug-likeness (QED) is 0.549. The van der Waals surface area contributed by atoms with Crippen LogP contribution in [-0.2, 0) is 14.4 Å². The molecule has 0 fully saturated rings. The first-order valence-corrected chi connectivity index (χ1v) is 7.04. The smallest absolute Gasteiger partial charge is 0.375 e. The Hall–Kier alpha value is -2.74. The predicted molar refractivity (Wildman–Crippen MR) is 78.7 cm³/mol. The van der Waals surface area contributed by atoms with Crippen LogP contribution in [0, 0.1) is 0 Å². The van der Waals surface area contributed by atoms with Crippen molar-refractivity contribution in [1.82, 2.24) is 0 Å². The highest BCUT2D eigenvalue weighted by Crippen LogP contribution is 2.38. The molecule has 0 amide bonds. The summed E-state index contributed by atoms with van der Waals surface area (Å²) in [6.07, 6.45) is 1.17. The third-order valence-electron chi connectivity index (χ3n) is 3.48. The molecule has 1 aliphatic rings. The van der Waals surface area contributed by atoms with Crippen LogP contribution in [0.1, 0.15) is 19.3 Å². The summed E-state index contributed by atoms with van der Waals surface area (Å²) in [6.45, 7) is -0.0535. The largest absolute Gasteiger partial charge is 0.506 e. The van der Waals surface area contributed by atoms with Gasteiger partial charge in [-0.05, 0) is 31.4 Å². The van der Waals surface area contributed by atoms with Crippen molar-refractivity contribution < 1.29 is 34.9 Å². The minimum absolute atomic E-state index is 0.0535. The third-order valence-corrected chi connectivity index (χ3v) is 3.48. The summed E-state index contributed by atoms with van der Waals surface area (Å²) >= 11 is 0. The summed E-state index contributed by atoms with van der Waals surface area (Å²) in [6, 6.07) is 5.21. The molecule has 0 saturated carbocycles. The second-order valence-electron chi connectivity index (χ2n) is 4.99. The maximum absolute atomic E-state index is 11.5. The predicted octanol–water partition coefficient (Wildman–Crippen LogP) is 1.10. The van der Waals surface area contributed by atoms with Crippen molar-refractivity contribution >= 4 is 17.6 Å². The molecule has 23 heavy (non-hydrogen) atoms. The van der Waals surface area contributed by atoms with Crippen LogP contribution in [0.25, 0.3) is 0 Å². The van der Waals surface area contributed by atoms with Gasteiger partial charge >= 0.3 is 11.9 Å². The number of carbonyl (C=O) groups is 2. The Bertz CT molecular complexity index is 640. The molecule has 0 aliphatic carbocycles. The average molecular weight is 323 g/mol. The molecular weight excluding hydrogens is 306 g/mol. The number of hydrogen-bond acceptors (Lipinski definition) is 6. The summed E-state index contributed by atoms with van der Waals surface area (Å²) in [5.41, 5.74) is -0.199. The highest BCUT2D eigenvalue weighted by molar-refractivity contribution is 6.00. The van der Waals surface area contributed by atoms with Crippen molar-refractivity contribution in [3.8, 4) is 5.75 Å². The summed E-state index contributed by atoms with van der Waals surface area (Å²) in [4.78, 5) is 28.0. The molecule has 2 rings (SSSR count). The van der Waals surface area contributed by atoms with Crippen LogP contribution in [0.15, 0.2) is 35.6 Å². The number of unbranched alkanes of at least 4 members (excludes halogenated alkanes) is 1. The first-order valence-electron chi connectivity index (χ1n) is 7.04. The van der Waals surface area contributed by atoms with E-state index >= 15 is 0 Å². The van der Waals surface area contributed by atoms with Crippen molar-refractivity contribution in [3.63, 3.8) is 0 Å². The number of rotatable bonds is 7. The van der Waals surface area contributed by atoms with E-state index in [1.807, 2.05) is 0 Å². The van der Waals surface area contributed by atoms with Crippen LogP contribution in [0.5, 0.6) is 5.75 Å². The van der Waals surface area contributed by atoms with E-state index in [-0.39, 0.29) is 30.0 Å². The summed E-state index contributed by atoms with van der Waals surface area (Å²) in [7, 11) is 0. The molecule has 1 atom stereocenters. The van der Waals surface area contributed by atoms with Gasteiger partial charge in [0, 0.05) is 6.61 Å². The number of carboxylic acid groups (broad SMARTS) is 2. The maximum Gasteiger partial charge on any atom is 0.375 e. The van der Waals surface area contributed by atoms with E-state index in [1.54, 1.807) is 12.1 Å². The van der Waals surface area contributed by atoms with E-state index in [0.29, 0.717) is 12.8 Å². The van der Waals surface area contributed by atoms with E-state index in [9.17, 15) is 24.9 Å². The Morgan fingerprint density at radius 1 is 1.13 bits per heavy atom. The summed E-state index contributed by atoms with van der Waals surface area (Å²) in [5.74, 6) is -3.72. The zero-order valence-electron chi connectivity index (χ0n) is 12.2. The molecule has 8 nitrogen and oxygen atoms in total. The van der Waals surface area contributed by atoms with Gasteiger partial charge in [-0.2, -0.15) is 5.06 Å². The molecule has 1 heterocycles. The van der Waals surface area contributed by atoms with Crippen LogP contribution in [0.2, 0.25) is 0 Å². The molecule has 0 spiro atoms. The number of aliphatic hydroxyl groups is 1. The van der Waals surface area contributed by atoms with Crippen molar-refractivity contribution in [1.29, 1.82) is 0 Å². The van der Waals surface area contributed by atoms with Gasteiger partial charge in [0.25, 0.3) is 5.76 Å². The molecular formula is C15H17NO7. The fourth-order valence-electron chi connectivity index (χ4n) is 2.45. The van der Waals surface area contributed by atoms with Crippen molar-refractivity contribution in [2.75, 3.05) is 11.7 Å². The number of nitrogens with zero attached hydrogens (tertiary/aromatic N) is 1. The molecule has 1 aromatic rings. The van der Waals surface area contributed by atoms with Gasteiger partial charge in [0.2, 0.25) is 0 Å². The lowest BCUT2D eigenvalue weighted by Gasteiger charge is -2.26. The van der Waals surface area contributed by atoms with E-state index in [2.05, 4.69) is 0 Å². The van der Waals surface area contributed by atoms with Crippen LogP contribution in [0.4, 0.5) is 5.69 Å². The fraction of sp³-hybridized carbons (Fsp3) is 0.333. The lowest BCUT2D eigenvalue weighted by atomic mass is 10.00.